The van der Waals surface area contributed by atoms with E-state index in [9.17, 15) is 19.4 Å². The third-order valence-electron chi connectivity index (χ3n) is 5.10. The van der Waals surface area contributed by atoms with E-state index in [1.807, 2.05) is 13.0 Å². The second kappa shape index (κ2) is 6.76. The van der Waals surface area contributed by atoms with Crippen molar-refractivity contribution in [3.8, 4) is 17.0 Å². The first-order valence-corrected chi connectivity index (χ1v) is 8.99. The van der Waals surface area contributed by atoms with Gasteiger partial charge in [-0.05, 0) is 37.1 Å². The fourth-order valence-corrected chi connectivity index (χ4v) is 3.90. The van der Waals surface area contributed by atoms with Crippen molar-refractivity contribution in [2.24, 2.45) is 0 Å². The quantitative estimate of drug-likeness (QED) is 0.648. The van der Waals surface area contributed by atoms with Crippen molar-refractivity contribution >= 4 is 5.91 Å². The first-order chi connectivity index (χ1) is 13.4. The number of hydrogen-bond acceptors (Lipinski definition) is 4. The number of nitrogens with one attached hydrogen (secondary N) is 1. The molecule has 1 amide bonds. The lowest BCUT2D eigenvalue weighted by Crippen LogP contribution is -2.32. The maximum Gasteiger partial charge on any atom is 0.273 e. The zero-order valence-electron chi connectivity index (χ0n) is 15.5. The molecule has 2 aromatic carbocycles. The third-order valence-corrected chi connectivity index (χ3v) is 5.10. The molecule has 4 rings (SSSR count). The van der Waals surface area contributed by atoms with Crippen LogP contribution >= 0.6 is 0 Å². The Bertz CT molecular complexity index is 1080. The number of nitrogens with zero attached hydrogens (tertiary/aromatic N) is 2. The Labute approximate surface area is 161 Å². The van der Waals surface area contributed by atoms with Gasteiger partial charge in [-0.2, -0.15) is 5.10 Å². The van der Waals surface area contributed by atoms with Crippen molar-refractivity contribution in [1.82, 2.24) is 15.1 Å². The van der Waals surface area contributed by atoms with E-state index < -0.39 is 11.9 Å². The average Bonchev–Trinajstić information content (AvgIpc) is 3.19. The highest BCUT2D eigenvalue weighted by molar-refractivity contribution is 6.00. The molecule has 0 fully saturated rings. The highest BCUT2D eigenvalue weighted by atomic mass is 19.1. The second-order valence-electron chi connectivity index (χ2n) is 6.99. The van der Waals surface area contributed by atoms with Gasteiger partial charge in [-0.3, -0.25) is 9.89 Å². The van der Waals surface area contributed by atoms with E-state index in [1.165, 1.54) is 11.0 Å². The summed E-state index contributed by atoms with van der Waals surface area (Å²) in [7, 11) is 0. The van der Waals surface area contributed by atoms with Crippen LogP contribution in [0.2, 0.25) is 0 Å². The number of phenols is 1. The number of hydrogen-bond donors (Lipinski definition) is 3. The number of amides is 1. The number of carbonyl (C=O) groups excluding carboxylic acids is 1. The Hall–Kier alpha value is -3.19. The van der Waals surface area contributed by atoms with Crippen LogP contribution in [0.1, 0.15) is 38.8 Å². The number of aromatic hydroxyl groups is 1. The number of aryl methyl sites for hydroxylation is 2. The number of aromatic amines is 1. The van der Waals surface area contributed by atoms with Gasteiger partial charge in [0.1, 0.15) is 23.0 Å². The number of fused-ring (bicyclic) bond motifs is 1. The lowest BCUT2D eigenvalue weighted by Gasteiger charge is -2.26. The Balaban J connectivity index is 1.97. The molecule has 0 aliphatic carbocycles. The molecule has 6 nitrogen and oxygen atoms in total. The summed E-state index contributed by atoms with van der Waals surface area (Å²) >= 11 is 0. The molecule has 1 aliphatic heterocycles. The van der Waals surface area contributed by atoms with Gasteiger partial charge in [-0.25, -0.2) is 4.39 Å². The molecule has 1 aromatic heterocycles. The summed E-state index contributed by atoms with van der Waals surface area (Å²) < 4.78 is 14.6. The number of β-amino-alcohol motifs (C(OH)–C–C–N with tert-alkyl or cyclic N) is 1. The molecular formula is C21H20FN3O3. The lowest BCUT2D eigenvalue weighted by molar-refractivity contribution is 0.0704. The number of halogens is 1. The molecule has 3 N–H and O–H groups in total. The summed E-state index contributed by atoms with van der Waals surface area (Å²) in [4.78, 5) is 14.3. The van der Waals surface area contributed by atoms with Crippen molar-refractivity contribution in [2.45, 2.75) is 19.9 Å². The minimum atomic E-state index is -0.746. The Morgan fingerprint density at radius 2 is 2.00 bits per heavy atom. The van der Waals surface area contributed by atoms with Crippen molar-refractivity contribution < 1.29 is 19.4 Å². The molecule has 144 valence electrons. The number of benzene rings is 2. The molecule has 1 atom stereocenters. The van der Waals surface area contributed by atoms with E-state index in [0.717, 1.165) is 5.56 Å². The summed E-state index contributed by atoms with van der Waals surface area (Å²) in [5, 5.41) is 27.1. The fraction of sp³-hybridized carbons (Fsp3) is 0.238. The van der Waals surface area contributed by atoms with Crippen LogP contribution in [-0.4, -0.2) is 44.4 Å². The van der Waals surface area contributed by atoms with Crippen LogP contribution in [0.4, 0.5) is 4.39 Å². The molecule has 0 saturated carbocycles. The molecular weight excluding hydrogens is 361 g/mol. The largest absolute Gasteiger partial charge is 0.507 e. The number of phenolic OH excluding ortho intramolecular Hbond substituents is 1. The summed E-state index contributed by atoms with van der Waals surface area (Å²) in [6.07, 6.45) is 0. The topological polar surface area (TPSA) is 89.5 Å². The smallest absolute Gasteiger partial charge is 0.273 e. The van der Waals surface area contributed by atoms with Crippen LogP contribution in [0.5, 0.6) is 5.75 Å². The molecule has 0 radical (unpaired) electrons. The average molecular weight is 381 g/mol. The molecule has 2 heterocycles. The van der Waals surface area contributed by atoms with Gasteiger partial charge in [0.05, 0.1) is 12.6 Å². The van der Waals surface area contributed by atoms with Crippen molar-refractivity contribution in [2.75, 3.05) is 13.2 Å². The Kier molecular flexibility index (Phi) is 4.39. The molecule has 3 aromatic rings. The first kappa shape index (κ1) is 18.2. The van der Waals surface area contributed by atoms with Gasteiger partial charge >= 0.3 is 0 Å². The summed E-state index contributed by atoms with van der Waals surface area (Å²) in [5.74, 6) is -0.743. The second-order valence-corrected chi connectivity index (χ2v) is 6.99. The number of aromatic nitrogens is 2. The number of aliphatic hydroxyl groups excluding tert-OH is 1. The van der Waals surface area contributed by atoms with E-state index >= 15 is 0 Å². The predicted octanol–water partition coefficient (Wildman–Crippen LogP) is 3.08. The molecule has 1 unspecified atom stereocenters. The summed E-state index contributed by atoms with van der Waals surface area (Å²) in [6, 6.07) is 9.13. The lowest BCUT2D eigenvalue weighted by atomic mass is 9.94. The molecule has 7 heteroatoms. The first-order valence-electron chi connectivity index (χ1n) is 8.99. The molecule has 0 bridgehead atoms. The van der Waals surface area contributed by atoms with Gasteiger partial charge in [0, 0.05) is 23.2 Å². The van der Waals surface area contributed by atoms with Gasteiger partial charge in [-0.1, -0.05) is 24.3 Å². The number of H-pyrrole nitrogens is 1. The van der Waals surface area contributed by atoms with Crippen LogP contribution in [0, 0.1) is 19.7 Å². The number of carbonyl (C=O) groups is 1. The SMILES string of the molecule is Cc1cc(C)c(O)c(-c2n[nH]c3c2C(c2ccccc2F)N(CCO)C3=O)c1. The Morgan fingerprint density at radius 1 is 1.25 bits per heavy atom. The van der Waals surface area contributed by atoms with Crippen LogP contribution in [-0.2, 0) is 0 Å². The Morgan fingerprint density at radius 3 is 2.71 bits per heavy atom. The monoisotopic (exact) mass is 381 g/mol. The molecule has 1 aliphatic rings. The normalized spacial score (nSPS) is 15.9. The molecule has 0 saturated heterocycles. The van der Waals surface area contributed by atoms with E-state index in [-0.39, 0.29) is 30.5 Å². The molecule has 28 heavy (non-hydrogen) atoms. The highest BCUT2D eigenvalue weighted by Crippen LogP contribution is 2.45. The third kappa shape index (κ3) is 2.66. The van der Waals surface area contributed by atoms with Crippen molar-refractivity contribution in [1.29, 1.82) is 0 Å². The van der Waals surface area contributed by atoms with E-state index in [2.05, 4.69) is 10.2 Å². The zero-order chi connectivity index (χ0) is 20.0. The fourth-order valence-electron chi connectivity index (χ4n) is 3.90. The maximum atomic E-state index is 14.6. The molecule has 0 spiro atoms. The van der Waals surface area contributed by atoms with E-state index in [0.29, 0.717) is 27.9 Å². The predicted molar refractivity (Wildman–Crippen MR) is 102 cm³/mol. The maximum absolute atomic E-state index is 14.6. The number of aliphatic hydroxyl groups is 1. The van der Waals surface area contributed by atoms with E-state index in [4.69, 9.17) is 0 Å². The van der Waals surface area contributed by atoms with Gasteiger partial charge in [-0.15, -0.1) is 0 Å². The van der Waals surface area contributed by atoms with Gasteiger partial charge < -0.3 is 15.1 Å². The van der Waals surface area contributed by atoms with Crippen LogP contribution in [0.15, 0.2) is 36.4 Å². The van der Waals surface area contributed by atoms with Crippen molar-refractivity contribution in [3.63, 3.8) is 0 Å². The minimum Gasteiger partial charge on any atom is -0.507 e. The summed E-state index contributed by atoms with van der Waals surface area (Å²) in [5.41, 5.74) is 3.57. The van der Waals surface area contributed by atoms with Crippen molar-refractivity contribution in [3.05, 3.63) is 70.2 Å². The van der Waals surface area contributed by atoms with E-state index in [1.54, 1.807) is 31.2 Å². The zero-order valence-corrected chi connectivity index (χ0v) is 15.5. The summed E-state index contributed by atoms with van der Waals surface area (Å²) in [6.45, 7) is 3.49. The van der Waals surface area contributed by atoms with Gasteiger partial charge in [0.2, 0.25) is 0 Å². The highest BCUT2D eigenvalue weighted by Gasteiger charge is 2.43. The van der Waals surface area contributed by atoms with Crippen LogP contribution in [0.3, 0.4) is 0 Å². The van der Waals surface area contributed by atoms with Gasteiger partial charge in [0.25, 0.3) is 5.91 Å². The van der Waals surface area contributed by atoms with Gasteiger partial charge in [0.15, 0.2) is 0 Å². The minimum absolute atomic E-state index is 0.0542. The van der Waals surface area contributed by atoms with Crippen LogP contribution < -0.4 is 0 Å². The van der Waals surface area contributed by atoms with Crippen LogP contribution in [0.25, 0.3) is 11.3 Å². The number of rotatable bonds is 4. The standard InChI is InChI=1S/C21H20FN3O3/c1-11-9-12(2)20(27)14(10-11)17-16-18(24-23-17)21(28)25(7-8-26)19(16)13-5-3-4-6-15(13)22/h3-6,9-10,19,26-27H,7-8H2,1-2H3,(H,23,24).